The van der Waals surface area contributed by atoms with Crippen LogP contribution in [0.25, 0.3) is 0 Å². The van der Waals surface area contributed by atoms with Crippen molar-refractivity contribution in [1.29, 1.82) is 0 Å². The number of ether oxygens (including phenoxy) is 2. The van der Waals surface area contributed by atoms with E-state index in [1.807, 2.05) is 6.92 Å². The fourth-order valence-corrected chi connectivity index (χ4v) is 2.83. The quantitative estimate of drug-likeness (QED) is 0.487. The highest BCUT2D eigenvalue weighted by Gasteiger charge is 2.18. The zero-order valence-electron chi connectivity index (χ0n) is 14.0. The average Bonchev–Trinajstić information content (AvgIpc) is 2.55. The monoisotopic (exact) mass is 359 g/mol. The molecule has 0 radical (unpaired) electrons. The number of sulfonamides is 1. The van der Waals surface area contributed by atoms with Crippen molar-refractivity contribution in [2.75, 3.05) is 32.8 Å². The second-order valence-electron chi connectivity index (χ2n) is 4.79. The van der Waals surface area contributed by atoms with Crippen molar-refractivity contribution in [1.82, 2.24) is 10.0 Å². The Hall–Kier alpha value is -1.84. The summed E-state index contributed by atoms with van der Waals surface area (Å²) in [5, 5.41) is 2.57. The first kappa shape index (κ1) is 20.2. The number of benzene rings is 1. The van der Waals surface area contributed by atoms with E-state index in [4.69, 9.17) is 15.2 Å². The summed E-state index contributed by atoms with van der Waals surface area (Å²) in [7, 11) is -3.83. The topological polar surface area (TPSA) is 120 Å². The Bertz CT molecular complexity index is 634. The van der Waals surface area contributed by atoms with Gasteiger partial charge in [-0.25, -0.2) is 13.1 Å². The van der Waals surface area contributed by atoms with Crippen molar-refractivity contribution in [3.8, 4) is 11.5 Å². The number of hydrogen-bond donors (Lipinski definition) is 3. The lowest BCUT2D eigenvalue weighted by Gasteiger charge is -2.13. The van der Waals surface area contributed by atoms with Crippen LogP contribution in [0.1, 0.15) is 20.3 Å². The SMILES string of the molecule is CCOc1ccc(S(=O)(=O)NCC(=O)NCCCN)cc1OCC. The smallest absolute Gasteiger partial charge is 0.241 e. The van der Waals surface area contributed by atoms with Gasteiger partial charge in [-0.2, -0.15) is 0 Å². The Morgan fingerprint density at radius 2 is 1.83 bits per heavy atom. The molecule has 0 aliphatic heterocycles. The first-order valence-corrected chi connectivity index (χ1v) is 9.29. The molecule has 1 amide bonds. The minimum absolute atomic E-state index is 0.00385. The molecule has 0 aromatic heterocycles. The van der Waals surface area contributed by atoms with Crippen molar-refractivity contribution < 1.29 is 22.7 Å². The Morgan fingerprint density at radius 3 is 2.46 bits per heavy atom. The third-order valence-electron chi connectivity index (χ3n) is 2.95. The van der Waals surface area contributed by atoms with Crippen molar-refractivity contribution in [2.24, 2.45) is 5.73 Å². The molecular weight excluding hydrogens is 334 g/mol. The first-order chi connectivity index (χ1) is 11.4. The molecule has 1 aromatic rings. The summed E-state index contributed by atoms with van der Waals surface area (Å²) in [6.45, 7) is 4.96. The predicted molar refractivity (Wildman–Crippen MR) is 90.6 cm³/mol. The van der Waals surface area contributed by atoms with Crippen LogP contribution < -0.4 is 25.2 Å². The number of rotatable bonds is 11. The molecule has 1 rings (SSSR count). The second-order valence-corrected chi connectivity index (χ2v) is 6.56. The van der Waals surface area contributed by atoms with Crippen LogP contribution in [0.15, 0.2) is 23.1 Å². The van der Waals surface area contributed by atoms with E-state index < -0.39 is 15.9 Å². The van der Waals surface area contributed by atoms with Gasteiger partial charge in [-0.1, -0.05) is 0 Å². The van der Waals surface area contributed by atoms with Crippen LogP contribution in [-0.4, -0.2) is 47.2 Å². The van der Waals surface area contributed by atoms with Crippen LogP contribution in [-0.2, 0) is 14.8 Å². The second kappa shape index (κ2) is 10.1. The number of amides is 1. The molecule has 0 saturated heterocycles. The lowest BCUT2D eigenvalue weighted by Crippen LogP contribution is -2.37. The molecule has 1 aromatic carbocycles. The number of hydrogen-bond acceptors (Lipinski definition) is 6. The predicted octanol–water partition coefficient (Wildman–Crippen LogP) is 0.227. The molecule has 0 aliphatic carbocycles. The van der Waals surface area contributed by atoms with Gasteiger partial charge in [-0.05, 0) is 38.9 Å². The Balaban J connectivity index is 2.79. The standard InChI is InChI=1S/C15H25N3O5S/c1-3-22-13-7-6-12(10-14(13)23-4-2)24(20,21)18-11-15(19)17-9-5-8-16/h6-7,10,18H,3-5,8-9,11,16H2,1-2H3,(H,17,19). The summed E-state index contributed by atoms with van der Waals surface area (Å²) in [5.41, 5.74) is 5.32. The van der Waals surface area contributed by atoms with E-state index in [9.17, 15) is 13.2 Å². The molecule has 0 unspecified atom stereocenters. The van der Waals surface area contributed by atoms with E-state index in [1.165, 1.54) is 18.2 Å². The molecule has 0 aliphatic rings. The minimum atomic E-state index is -3.83. The van der Waals surface area contributed by atoms with Crippen molar-refractivity contribution >= 4 is 15.9 Å². The Labute approximate surface area is 142 Å². The number of nitrogens with two attached hydrogens (primary N) is 1. The zero-order valence-corrected chi connectivity index (χ0v) is 14.8. The van der Waals surface area contributed by atoms with Crippen molar-refractivity contribution in [3.05, 3.63) is 18.2 Å². The maximum atomic E-state index is 12.3. The zero-order chi connectivity index (χ0) is 18.0. The molecular formula is C15H25N3O5S. The van der Waals surface area contributed by atoms with E-state index in [1.54, 1.807) is 6.92 Å². The third-order valence-corrected chi connectivity index (χ3v) is 4.35. The summed E-state index contributed by atoms with van der Waals surface area (Å²) >= 11 is 0. The molecule has 24 heavy (non-hydrogen) atoms. The van der Waals surface area contributed by atoms with Gasteiger partial charge < -0.3 is 20.5 Å². The molecule has 0 atom stereocenters. The highest BCUT2D eigenvalue weighted by atomic mass is 32.2. The molecule has 9 heteroatoms. The third kappa shape index (κ3) is 6.34. The normalized spacial score (nSPS) is 11.1. The van der Waals surface area contributed by atoms with Crippen molar-refractivity contribution in [2.45, 2.75) is 25.2 Å². The van der Waals surface area contributed by atoms with E-state index in [2.05, 4.69) is 10.0 Å². The Kier molecular flexibility index (Phi) is 8.51. The highest BCUT2D eigenvalue weighted by Crippen LogP contribution is 2.30. The largest absolute Gasteiger partial charge is 0.490 e. The lowest BCUT2D eigenvalue weighted by atomic mass is 10.3. The highest BCUT2D eigenvalue weighted by molar-refractivity contribution is 7.89. The molecule has 8 nitrogen and oxygen atoms in total. The number of carbonyl (C=O) groups excluding carboxylic acids is 1. The van der Waals surface area contributed by atoms with E-state index in [-0.39, 0.29) is 11.4 Å². The fourth-order valence-electron chi connectivity index (χ4n) is 1.83. The summed E-state index contributed by atoms with van der Waals surface area (Å²) in [6, 6.07) is 4.32. The van der Waals surface area contributed by atoms with E-state index in [0.717, 1.165) is 0 Å². The molecule has 0 spiro atoms. The minimum Gasteiger partial charge on any atom is -0.490 e. The van der Waals surface area contributed by atoms with Crippen LogP contribution in [0.3, 0.4) is 0 Å². The summed E-state index contributed by atoms with van der Waals surface area (Å²) in [4.78, 5) is 11.6. The van der Waals surface area contributed by atoms with Gasteiger partial charge in [0.05, 0.1) is 24.7 Å². The molecule has 136 valence electrons. The maximum absolute atomic E-state index is 12.3. The molecule has 0 fully saturated rings. The number of nitrogens with one attached hydrogen (secondary N) is 2. The summed E-state index contributed by atoms with van der Waals surface area (Å²) in [6.07, 6.45) is 0.634. The van der Waals surface area contributed by atoms with Gasteiger partial charge >= 0.3 is 0 Å². The molecule has 4 N–H and O–H groups in total. The summed E-state index contributed by atoms with van der Waals surface area (Å²) in [5.74, 6) is 0.399. The average molecular weight is 359 g/mol. The van der Waals surface area contributed by atoms with Crippen LogP contribution in [0.2, 0.25) is 0 Å². The van der Waals surface area contributed by atoms with Crippen molar-refractivity contribution in [3.63, 3.8) is 0 Å². The van der Waals surface area contributed by atoms with Gasteiger partial charge in [0.15, 0.2) is 11.5 Å². The van der Waals surface area contributed by atoms with Crippen LogP contribution in [0, 0.1) is 0 Å². The van der Waals surface area contributed by atoms with Gasteiger partial charge in [0.1, 0.15) is 0 Å². The van der Waals surface area contributed by atoms with Crippen LogP contribution >= 0.6 is 0 Å². The summed E-state index contributed by atoms with van der Waals surface area (Å²) < 4.78 is 37.6. The van der Waals surface area contributed by atoms with E-state index >= 15 is 0 Å². The Morgan fingerprint density at radius 1 is 1.17 bits per heavy atom. The van der Waals surface area contributed by atoms with E-state index in [0.29, 0.717) is 44.2 Å². The molecule has 0 heterocycles. The van der Waals surface area contributed by atoms with Gasteiger partial charge in [0, 0.05) is 12.6 Å². The van der Waals surface area contributed by atoms with Gasteiger partial charge in [-0.3, -0.25) is 4.79 Å². The van der Waals surface area contributed by atoms with Crippen LogP contribution in [0.5, 0.6) is 11.5 Å². The van der Waals surface area contributed by atoms with Crippen LogP contribution in [0.4, 0.5) is 0 Å². The molecule has 0 bridgehead atoms. The fraction of sp³-hybridized carbons (Fsp3) is 0.533. The molecule has 0 saturated carbocycles. The maximum Gasteiger partial charge on any atom is 0.241 e. The van der Waals surface area contributed by atoms with Gasteiger partial charge in [-0.15, -0.1) is 0 Å². The van der Waals surface area contributed by atoms with Gasteiger partial charge in [0.25, 0.3) is 0 Å². The first-order valence-electron chi connectivity index (χ1n) is 7.80. The lowest BCUT2D eigenvalue weighted by molar-refractivity contribution is -0.119. The van der Waals surface area contributed by atoms with Gasteiger partial charge in [0.2, 0.25) is 15.9 Å². The number of carbonyl (C=O) groups is 1.